The highest BCUT2D eigenvalue weighted by molar-refractivity contribution is 14.1. The van der Waals surface area contributed by atoms with Crippen molar-refractivity contribution in [1.82, 2.24) is 0 Å². The maximum Gasteiger partial charge on any atom is 0.143 e. The molecule has 0 saturated heterocycles. The van der Waals surface area contributed by atoms with Gasteiger partial charge in [0.1, 0.15) is 12.4 Å². The molecule has 0 aliphatic carbocycles. The smallest absolute Gasteiger partial charge is 0.143 e. The van der Waals surface area contributed by atoms with Gasteiger partial charge in [0.15, 0.2) is 0 Å². The number of benzene rings is 1. The Hall–Kier alpha value is -0.450. The van der Waals surface area contributed by atoms with Gasteiger partial charge in [-0.15, -0.1) is 0 Å². The van der Waals surface area contributed by atoms with Gasteiger partial charge in [-0.2, -0.15) is 0 Å². The number of anilines is 1. The zero-order valence-electron chi connectivity index (χ0n) is 7.93. The summed E-state index contributed by atoms with van der Waals surface area (Å²) in [5.74, 6) is 0.975. The lowest BCUT2D eigenvalue weighted by molar-refractivity contribution is 0.323. The molecule has 0 bridgehead atoms. The molecule has 2 nitrogen and oxygen atoms in total. The van der Waals surface area contributed by atoms with E-state index in [2.05, 4.69) is 40.0 Å². The molecule has 0 unspecified atom stereocenters. The van der Waals surface area contributed by atoms with E-state index in [4.69, 9.17) is 4.74 Å². The van der Waals surface area contributed by atoms with E-state index in [1.165, 1.54) is 3.57 Å². The molecule has 1 aliphatic rings. The Bertz CT molecular complexity index is 276. The Balaban J connectivity index is 0.000000396. The molecule has 0 spiro atoms. The molecule has 1 aromatic carbocycles. The third-order valence-electron chi connectivity index (χ3n) is 1.62. The first kappa shape index (κ1) is 10.6. The molecule has 0 aromatic heterocycles. The minimum absolute atomic E-state index is 0.771. The maximum atomic E-state index is 5.44. The molecule has 1 N–H and O–H groups in total. The van der Waals surface area contributed by atoms with Gasteiger partial charge in [-0.1, -0.05) is 13.8 Å². The molecule has 13 heavy (non-hydrogen) atoms. The second-order valence-corrected chi connectivity index (χ2v) is 3.66. The molecule has 0 atom stereocenters. The zero-order valence-corrected chi connectivity index (χ0v) is 10.1. The Morgan fingerprint density at radius 3 is 2.92 bits per heavy atom. The second-order valence-electron chi connectivity index (χ2n) is 2.42. The lowest BCUT2D eigenvalue weighted by Gasteiger charge is -2.18. The monoisotopic (exact) mass is 291 g/mol. The van der Waals surface area contributed by atoms with Crippen molar-refractivity contribution in [3.8, 4) is 5.75 Å². The van der Waals surface area contributed by atoms with Crippen molar-refractivity contribution in [2.75, 3.05) is 18.5 Å². The zero-order chi connectivity index (χ0) is 9.68. The molecule has 1 heterocycles. The summed E-state index contributed by atoms with van der Waals surface area (Å²) in [7, 11) is 0. The number of halogens is 1. The molecule has 72 valence electrons. The van der Waals surface area contributed by atoms with Crippen LogP contribution in [0.1, 0.15) is 13.8 Å². The van der Waals surface area contributed by atoms with Crippen LogP contribution in [0.2, 0.25) is 0 Å². The SMILES string of the molecule is CC.Ic1ccc2c(c1)OCCN2. The maximum absolute atomic E-state index is 5.44. The van der Waals surface area contributed by atoms with Crippen molar-refractivity contribution < 1.29 is 4.74 Å². The van der Waals surface area contributed by atoms with E-state index in [0.717, 1.165) is 24.6 Å². The van der Waals surface area contributed by atoms with Gasteiger partial charge < -0.3 is 10.1 Å². The second kappa shape index (κ2) is 5.32. The largest absolute Gasteiger partial charge is 0.490 e. The molecule has 0 saturated carbocycles. The van der Waals surface area contributed by atoms with Gasteiger partial charge in [0.25, 0.3) is 0 Å². The van der Waals surface area contributed by atoms with Gasteiger partial charge in [0.05, 0.1) is 5.69 Å². The van der Waals surface area contributed by atoms with Crippen LogP contribution in [0.25, 0.3) is 0 Å². The lowest BCUT2D eigenvalue weighted by atomic mass is 10.2. The number of hydrogen-bond donors (Lipinski definition) is 1. The van der Waals surface area contributed by atoms with Crippen molar-refractivity contribution in [2.24, 2.45) is 0 Å². The van der Waals surface area contributed by atoms with Gasteiger partial charge in [0.2, 0.25) is 0 Å². The van der Waals surface area contributed by atoms with Gasteiger partial charge in [-0.3, -0.25) is 0 Å². The van der Waals surface area contributed by atoms with Crippen molar-refractivity contribution in [2.45, 2.75) is 13.8 Å². The van der Waals surface area contributed by atoms with Crippen LogP contribution in [0.15, 0.2) is 18.2 Å². The standard InChI is InChI=1S/C8H8INO.C2H6/c9-6-1-2-7-8(5-6)11-4-3-10-7;1-2/h1-2,5,10H,3-4H2;1-2H3. The highest BCUT2D eigenvalue weighted by Crippen LogP contribution is 2.28. The van der Waals surface area contributed by atoms with Crippen LogP contribution >= 0.6 is 22.6 Å². The number of hydrogen-bond acceptors (Lipinski definition) is 2. The first-order valence-electron chi connectivity index (χ1n) is 4.52. The quantitative estimate of drug-likeness (QED) is 0.742. The molecule has 1 aliphatic heterocycles. The molecule has 0 amide bonds. The van der Waals surface area contributed by atoms with Gasteiger partial charge in [-0.25, -0.2) is 0 Å². The molecule has 2 rings (SSSR count). The summed E-state index contributed by atoms with van der Waals surface area (Å²) in [4.78, 5) is 0. The molecular formula is C10H14INO. The molecule has 1 aromatic rings. The fourth-order valence-electron chi connectivity index (χ4n) is 1.11. The van der Waals surface area contributed by atoms with E-state index in [1.807, 2.05) is 19.9 Å². The third-order valence-corrected chi connectivity index (χ3v) is 2.29. The minimum atomic E-state index is 0.771. The summed E-state index contributed by atoms with van der Waals surface area (Å²) in [6.45, 7) is 5.68. The van der Waals surface area contributed by atoms with E-state index in [0.29, 0.717) is 0 Å². The number of ether oxygens (including phenoxy) is 1. The Kier molecular flexibility index (Phi) is 4.35. The van der Waals surface area contributed by atoms with E-state index in [-0.39, 0.29) is 0 Å². The van der Waals surface area contributed by atoms with Gasteiger partial charge >= 0.3 is 0 Å². The third kappa shape index (κ3) is 2.76. The number of nitrogens with one attached hydrogen (secondary N) is 1. The fourth-order valence-corrected chi connectivity index (χ4v) is 1.57. The minimum Gasteiger partial charge on any atom is -0.490 e. The van der Waals surface area contributed by atoms with Crippen LogP contribution in [0.5, 0.6) is 5.75 Å². The highest BCUT2D eigenvalue weighted by atomic mass is 127. The summed E-state index contributed by atoms with van der Waals surface area (Å²) in [6, 6.07) is 6.17. The first-order chi connectivity index (χ1) is 6.36. The van der Waals surface area contributed by atoms with Gasteiger partial charge in [-0.05, 0) is 40.8 Å². The normalized spacial score (nSPS) is 12.8. The summed E-state index contributed by atoms with van der Waals surface area (Å²) < 4.78 is 6.65. The summed E-state index contributed by atoms with van der Waals surface area (Å²) in [5.41, 5.74) is 1.11. The molecule has 0 radical (unpaired) electrons. The summed E-state index contributed by atoms with van der Waals surface area (Å²) in [6.07, 6.45) is 0. The topological polar surface area (TPSA) is 21.3 Å². The van der Waals surface area contributed by atoms with Crippen molar-refractivity contribution >= 4 is 28.3 Å². The van der Waals surface area contributed by atoms with Crippen molar-refractivity contribution in [3.05, 3.63) is 21.8 Å². The van der Waals surface area contributed by atoms with Gasteiger partial charge in [0, 0.05) is 10.1 Å². The first-order valence-corrected chi connectivity index (χ1v) is 5.60. The highest BCUT2D eigenvalue weighted by Gasteiger charge is 2.07. The van der Waals surface area contributed by atoms with Crippen LogP contribution in [0.3, 0.4) is 0 Å². The number of rotatable bonds is 0. The van der Waals surface area contributed by atoms with Crippen LogP contribution in [0, 0.1) is 3.57 Å². The van der Waals surface area contributed by atoms with Crippen molar-refractivity contribution in [1.29, 1.82) is 0 Å². The predicted octanol–water partition coefficient (Wildman–Crippen LogP) is 3.12. The average Bonchev–Trinajstić information content (AvgIpc) is 2.21. The van der Waals surface area contributed by atoms with E-state index in [9.17, 15) is 0 Å². The lowest BCUT2D eigenvalue weighted by Crippen LogP contribution is -2.17. The van der Waals surface area contributed by atoms with E-state index >= 15 is 0 Å². The van der Waals surface area contributed by atoms with Crippen LogP contribution < -0.4 is 10.1 Å². The van der Waals surface area contributed by atoms with Crippen LogP contribution in [-0.4, -0.2) is 13.2 Å². The summed E-state index contributed by atoms with van der Waals surface area (Å²) in [5, 5.41) is 3.26. The van der Waals surface area contributed by atoms with Crippen LogP contribution in [-0.2, 0) is 0 Å². The Labute approximate surface area is 92.8 Å². The predicted molar refractivity (Wildman–Crippen MR) is 64.5 cm³/mol. The average molecular weight is 291 g/mol. The number of fused-ring (bicyclic) bond motifs is 1. The van der Waals surface area contributed by atoms with E-state index < -0.39 is 0 Å². The molecular weight excluding hydrogens is 277 g/mol. The summed E-state index contributed by atoms with van der Waals surface area (Å²) >= 11 is 2.28. The molecule has 0 fully saturated rings. The molecule has 3 heteroatoms. The Morgan fingerprint density at radius 1 is 1.38 bits per heavy atom. The fraction of sp³-hybridized carbons (Fsp3) is 0.400. The van der Waals surface area contributed by atoms with Crippen molar-refractivity contribution in [3.63, 3.8) is 0 Å². The Morgan fingerprint density at radius 2 is 2.15 bits per heavy atom. The van der Waals surface area contributed by atoms with E-state index in [1.54, 1.807) is 0 Å². The van der Waals surface area contributed by atoms with Crippen LogP contribution in [0.4, 0.5) is 5.69 Å².